The Bertz CT molecular complexity index is 950. The fourth-order valence-electron chi connectivity index (χ4n) is 4.17. The first kappa shape index (κ1) is 20.3. The quantitative estimate of drug-likeness (QED) is 0.792. The predicted molar refractivity (Wildman–Crippen MR) is 117 cm³/mol. The Kier molecular flexibility index (Phi) is 5.97. The maximum Gasteiger partial charge on any atom is 0.318 e. The number of amides is 1. The molecule has 2 aliphatic rings. The molecule has 0 aromatic carbocycles. The van der Waals surface area contributed by atoms with Gasteiger partial charge in [-0.15, -0.1) is 0 Å². The first-order chi connectivity index (χ1) is 14.6. The molecule has 1 N–H and O–H groups in total. The van der Waals surface area contributed by atoms with Gasteiger partial charge in [-0.1, -0.05) is 19.1 Å². The summed E-state index contributed by atoms with van der Waals surface area (Å²) in [5.74, 6) is 1.09. The number of aromatic nitrogens is 3. The molecule has 3 heterocycles. The molecular weight excluding hydrogens is 378 g/mol. The molecule has 0 bridgehead atoms. The highest BCUT2D eigenvalue weighted by Gasteiger charge is 2.28. The molecule has 4 rings (SSSR count). The summed E-state index contributed by atoms with van der Waals surface area (Å²) in [6.45, 7) is 5.77. The maximum absolute atomic E-state index is 12.6. The summed E-state index contributed by atoms with van der Waals surface area (Å²) in [6.07, 6.45) is 8.09. The summed E-state index contributed by atoms with van der Waals surface area (Å²) < 4.78 is 5.26. The van der Waals surface area contributed by atoms with Gasteiger partial charge in [-0.25, -0.2) is 0 Å². The van der Waals surface area contributed by atoms with E-state index >= 15 is 0 Å². The van der Waals surface area contributed by atoms with Gasteiger partial charge >= 0.3 is 6.01 Å². The van der Waals surface area contributed by atoms with Crippen molar-refractivity contribution in [1.82, 2.24) is 20.3 Å². The van der Waals surface area contributed by atoms with Crippen LogP contribution < -0.4 is 15.0 Å². The smallest absolute Gasteiger partial charge is 0.318 e. The van der Waals surface area contributed by atoms with Gasteiger partial charge in [-0.3, -0.25) is 9.78 Å². The second-order valence-electron chi connectivity index (χ2n) is 8.00. The van der Waals surface area contributed by atoms with Crippen LogP contribution in [-0.2, 0) is 6.42 Å². The van der Waals surface area contributed by atoms with Gasteiger partial charge in [-0.05, 0) is 49.3 Å². The van der Waals surface area contributed by atoms with E-state index in [9.17, 15) is 4.79 Å². The van der Waals surface area contributed by atoms with Gasteiger partial charge in [-0.2, -0.15) is 9.97 Å². The number of nitrogens with zero attached hydrogens (tertiary/aromatic N) is 4. The second kappa shape index (κ2) is 8.81. The topological polar surface area (TPSA) is 80.2 Å². The molecule has 2 aromatic heterocycles. The highest BCUT2D eigenvalue weighted by molar-refractivity contribution is 5.93. The number of hydrogen-bond acceptors (Lipinski definition) is 6. The molecule has 1 aliphatic carbocycles. The van der Waals surface area contributed by atoms with E-state index in [2.05, 4.69) is 37.3 Å². The minimum absolute atomic E-state index is 0.0923. The Morgan fingerprint density at radius 2 is 2.13 bits per heavy atom. The molecule has 158 valence electrons. The van der Waals surface area contributed by atoms with E-state index in [0.717, 1.165) is 44.6 Å². The average molecular weight is 408 g/mol. The molecule has 1 aliphatic heterocycles. The Balaban J connectivity index is 1.47. The molecule has 0 radical (unpaired) electrons. The lowest BCUT2D eigenvalue weighted by Crippen LogP contribution is -2.36. The van der Waals surface area contributed by atoms with Crippen molar-refractivity contribution >= 4 is 17.3 Å². The van der Waals surface area contributed by atoms with Crippen LogP contribution in [0.1, 0.15) is 54.9 Å². The number of methoxy groups -OCH3 is 1. The van der Waals surface area contributed by atoms with Crippen LogP contribution in [0, 0.1) is 5.92 Å². The monoisotopic (exact) mass is 407 g/mol. The van der Waals surface area contributed by atoms with E-state index in [0.29, 0.717) is 11.6 Å². The molecule has 7 heteroatoms. The van der Waals surface area contributed by atoms with Crippen molar-refractivity contribution < 1.29 is 9.53 Å². The molecule has 0 spiro atoms. The summed E-state index contributed by atoms with van der Waals surface area (Å²) >= 11 is 0. The Morgan fingerprint density at radius 1 is 1.33 bits per heavy atom. The summed E-state index contributed by atoms with van der Waals surface area (Å²) in [7, 11) is 1.53. The van der Waals surface area contributed by atoms with Crippen LogP contribution in [0.4, 0.5) is 5.82 Å². The molecule has 7 nitrogen and oxygen atoms in total. The second-order valence-corrected chi connectivity index (χ2v) is 8.00. The number of carbonyl (C=O) groups excluding carboxylic acids is 1. The van der Waals surface area contributed by atoms with E-state index in [1.807, 2.05) is 26.1 Å². The van der Waals surface area contributed by atoms with Gasteiger partial charge in [0.25, 0.3) is 5.91 Å². The van der Waals surface area contributed by atoms with Crippen LogP contribution in [0.3, 0.4) is 0 Å². The molecule has 30 heavy (non-hydrogen) atoms. The van der Waals surface area contributed by atoms with Gasteiger partial charge in [0.1, 0.15) is 11.5 Å². The zero-order chi connectivity index (χ0) is 21.1. The minimum atomic E-state index is -0.193. The third-order valence-electron chi connectivity index (χ3n) is 6.07. The Hall–Kier alpha value is -2.96. The van der Waals surface area contributed by atoms with Crippen molar-refractivity contribution in [2.24, 2.45) is 5.92 Å². The Morgan fingerprint density at radius 3 is 2.87 bits per heavy atom. The van der Waals surface area contributed by atoms with Gasteiger partial charge < -0.3 is 15.0 Å². The third-order valence-corrected chi connectivity index (χ3v) is 6.07. The average Bonchev–Trinajstić information content (AvgIpc) is 3.23. The van der Waals surface area contributed by atoms with Crippen molar-refractivity contribution in [2.45, 2.75) is 45.6 Å². The number of piperidine rings is 1. The van der Waals surface area contributed by atoms with Crippen LogP contribution in [0.25, 0.3) is 5.57 Å². The molecule has 1 atom stereocenters. The van der Waals surface area contributed by atoms with Crippen molar-refractivity contribution in [2.75, 3.05) is 25.1 Å². The fourth-order valence-corrected chi connectivity index (χ4v) is 4.17. The first-order valence-electron chi connectivity index (χ1n) is 10.7. The number of rotatable bonds is 6. The van der Waals surface area contributed by atoms with Crippen LogP contribution in [0.5, 0.6) is 6.01 Å². The number of hydrogen-bond donors (Lipinski definition) is 1. The zero-order valence-corrected chi connectivity index (χ0v) is 17.9. The standard InChI is InChI=1S/C23H29N5O2/c1-4-15(2)25-22(29)20-14-21(27-23(26-20)30-3)28-12-9-16(10-13-28)17-7-8-19-18(17)6-5-11-24-19/h5-7,11,14-16H,4,8-10,12-13H2,1-3H3,(H,25,29)/t15-/m1/s1. The first-order valence-corrected chi connectivity index (χ1v) is 10.7. The summed E-state index contributed by atoms with van der Waals surface area (Å²) in [5, 5.41) is 2.96. The molecular formula is C23H29N5O2. The van der Waals surface area contributed by atoms with Crippen LogP contribution in [0.2, 0.25) is 0 Å². The fraction of sp³-hybridized carbons (Fsp3) is 0.478. The summed E-state index contributed by atoms with van der Waals surface area (Å²) in [5.41, 5.74) is 4.28. The summed E-state index contributed by atoms with van der Waals surface area (Å²) in [6, 6.07) is 6.29. The van der Waals surface area contributed by atoms with E-state index in [1.165, 1.54) is 23.9 Å². The van der Waals surface area contributed by atoms with E-state index < -0.39 is 0 Å². The van der Waals surface area contributed by atoms with Crippen molar-refractivity contribution in [3.63, 3.8) is 0 Å². The minimum Gasteiger partial charge on any atom is -0.467 e. The maximum atomic E-state index is 12.6. The number of pyridine rings is 1. The largest absolute Gasteiger partial charge is 0.467 e. The van der Waals surface area contributed by atoms with E-state index in [1.54, 1.807) is 6.07 Å². The van der Waals surface area contributed by atoms with Gasteiger partial charge in [0, 0.05) is 37.8 Å². The number of allylic oxidation sites excluding steroid dienone is 2. The van der Waals surface area contributed by atoms with Crippen molar-refractivity contribution in [1.29, 1.82) is 0 Å². The van der Waals surface area contributed by atoms with Crippen LogP contribution in [0.15, 0.2) is 30.5 Å². The lowest BCUT2D eigenvalue weighted by Gasteiger charge is -2.33. The normalized spacial score (nSPS) is 17.3. The van der Waals surface area contributed by atoms with Crippen molar-refractivity contribution in [3.8, 4) is 6.01 Å². The number of fused-ring (bicyclic) bond motifs is 1. The molecule has 1 fully saturated rings. The highest BCUT2D eigenvalue weighted by Crippen LogP contribution is 2.37. The lowest BCUT2D eigenvalue weighted by atomic mass is 9.86. The highest BCUT2D eigenvalue weighted by atomic mass is 16.5. The van der Waals surface area contributed by atoms with E-state index in [-0.39, 0.29) is 18.0 Å². The molecule has 1 amide bonds. The lowest BCUT2D eigenvalue weighted by molar-refractivity contribution is 0.0933. The number of anilines is 1. The van der Waals surface area contributed by atoms with E-state index in [4.69, 9.17) is 4.74 Å². The molecule has 0 unspecified atom stereocenters. The Labute approximate surface area is 177 Å². The number of ether oxygens (including phenoxy) is 1. The van der Waals surface area contributed by atoms with Gasteiger partial charge in [0.2, 0.25) is 0 Å². The van der Waals surface area contributed by atoms with Crippen molar-refractivity contribution in [3.05, 3.63) is 47.4 Å². The molecule has 2 aromatic rings. The molecule has 1 saturated heterocycles. The SMILES string of the molecule is CC[C@@H](C)NC(=O)c1cc(N2CCC(C3=CCc4ncccc43)CC2)nc(OC)n1. The van der Waals surface area contributed by atoms with Gasteiger partial charge in [0.15, 0.2) is 0 Å². The predicted octanol–water partition coefficient (Wildman–Crippen LogP) is 3.26. The number of carbonyl (C=O) groups is 1. The third kappa shape index (κ3) is 4.15. The van der Waals surface area contributed by atoms with Crippen LogP contribution in [-0.4, -0.2) is 47.1 Å². The van der Waals surface area contributed by atoms with Crippen LogP contribution >= 0.6 is 0 Å². The summed E-state index contributed by atoms with van der Waals surface area (Å²) in [4.78, 5) is 28.1. The zero-order valence-electron chi connectivity index (χ0n) is 17.9. The molecule has 0 saturated carbocycles. The number of nitrogens with one attached hydrogen (secondary N) is 1. The van der Waals surface area contributed by atoms with Gasteiger partial charge in [0.05, 0.1) is 12.8 Å².